The molecular weight excluding hydrogens is 466 g/mol. The highest BCUT2D eigenvalue weighted by atomic mass is 16.2. The summed E-state index contributed by atoms with van der Waals surface area (Å²) >= 11 is 0. The third-order valence-electron chi connectivity index (χ3n) is 6.50. The van der Waals surface area contributed by atoms with Crippen molar-refractivity contribution in [2.24, 2.45) is 0 Å². The maximum atomic E-state index is 13.3. The maximum Gasteiger partial charge on any atom is 0.353 e. The van der Waals surface area contributed by atoms with Crippen molar-refractivity contribution in [1.29, 1.82) is 0 Å². The number of aromatic nitrogens is 7. The zero-order valence-corrected chi connectivity index (χ0v) is 20.7. The molecule has 186 valence electrons. The lowest BCUT2D eigenvalue weighted by Crippen LogP contribution is -2.31. The summed E-state index contributed by atoms with van der Waals surface area (Å²) in [4.78, 5) is 26.3. The molecule has 1 unspecified atom stereocenters. The minimum absolute atomic E-state index is 0.0274. The largest absolute Gasteiger partial charge is 0.353 e. The summed E-state index contributed by atoms with van der Waals surface area (Å²) in [5.74, 6) is 0.824. The summed E-state index contributed by atoms with van der Waals surface area (Å²) in [6, 6.07) is 25.2. The average Bonchev–Trinajstić information content (AvgIpc) is 3.58. The second kappa shape index (κ2) is 10.5. The Balaban J connectivity index is 1.44. The van der Waals surface area contributed by atoms with Crippen molar-refractivity contribution in [1.82, 2.24) is 35.0 Å². The lowest BCUT2D eigenvalue weighted by atomic mass is 9.98. The third kappa shape index (κ3) is 5.02. The minimum atomic E-state index is -0.414. The zero-order chi connectivity index (χ0) is 25.8. The highest BCUT2D eigenvalue weighted by Crippen LogP contribution is 2.30. The van der Waals surface area contributed by atoms with E-state index in [1.54, 1.807) is 4.57 Å². The van der Waals surface area contributed by atoms with Crippen LogP contribution in [0.15, 0.2) is 83.7 Å². The number of rotatable bonds is 8. The van der Waals surface area contributed by atoms with Crippen LogP contribution in [-0.2, 0) is 13.0 Å². The molecule has 9 nitrogen and oxygen atoms in total. The Bertz CT molecular complexity index is 1550. The van der Waals surface area contributed by atoms with E-state index in [1.807, 2.05) is 92.7 Å². The van der Waals surface area contributed by atoms with Gasteiger partial charge in [-0.3, -0.25) is 9.36 Å². The number of H-pyrrole nitrogens is 1. The van der Waals surface area contributed by atoms with Gasteiger partial charge in [0.05, 0.1) is 13.0 Å². The van der Waals surface area contributed by atoms with Gasteiger partial charge in [-0.25, -0.2) is 4.79 Å². The first-order valence-electron chi connectivity index (χ1n) is 12.2. The SMILES string of the molecule is CCC(C)c1nn(C(=O)Cc2ccccc2)c(=O)n1Cc1ccc(-c2ccccc2-c2nn[nH]n2)cc1. The molecule has 0 saturated heterocycles. The first-order chi connectivity index (χ1) is 18.0. The number of tetrazole rings is 1. The van der Waals surface area contributed by atoms with E-state index < -0.39 is 5.69 Å². The van der Waals surface area contributed by atoms with Crippen molar-refractivity contribution in [3.05, 3.63) is 106 Å². The molecule has 0 saturated carbocycles. The topological polar surface area (TPSA) is 111 Å². The smallest absolute Gasteiger partial charge is 0.274 e. The summed E-state index contributed by atoms with van der Waals surface area (Å²) < 4.78 is 2.63. The summed E-state index contributed by atoms with van der Waals surface area (Å²) in [5, 5.41) is 18.9. The molecule has 0 amide bonds. The van der Waals surface area contributed by atoms with E-state index in [0.717, 1.165) is 38.9 Å². The highest BCUT2D eigenvalue weighted by molar-refractivity contribution is 5.81. The van der Waals surface area contributed by atoms with Gasteiger partial charge in [-0.2, -0.15) is 5.21 Å². The van der Waals surface area contributed by atoms with Gasteiger partial charge in [0, 0.05) is 11.5 Å². The molecule has 0 aliphatic carbocycles. The predicted molar refractivity (Wildman–Crippen MR) is 140 cm³/mol. The van der Waals surface area contributed by atoms with Gasteiger partial charge >= 0.3 is 5.69 Å². The fourth-order valence-corrected chi connectivity index (χ4v) is 4.29. The van der Waals surface area contributed by atoms with Gasteiger partial charge in [-0.05, 0) is 33.9 Å². The second-order valence-electron chi connectivity index (χ2n) is 8.98. The van der Waals surface area contributed by atoms with Gasteiger partial charge in [0.1, 0.15) is 5.82 Å². The Morgan fingerprint density at radius 1 is 0.919 bits per heavy atom. The normalized spacial score (nSPS) is 11.9. The molecule has 1 N–H and O–H groups in total. The van der Waals surface area contributed by atoms with Crippen molar-refractivity contribution >= 4 is 5.91 Å². The van der Waals surface area contributed by atoms with E-state index in [2.05, 4.69) is 25.7 Å². The lowest BCUT2D eigenvalue weighted by molar-refractivity contribution is 0.0892. The first kappa shape index (κ1) is 24.1. The fourth-order valence-electron chi connectivity index (χ4n) is 4.29. The van der Waals surface area contributed by atoms with Crippen LogP contribution in [0.3, 0.4) is 0 Å². The van der Waals surface area contributed by atoms with Crippen molar-refractivity contribution in [3.8, 4) is 22.5 Å². The number of hydrogen-bond acceptors (Lipinski definition) is 6. The molecule has 0 bridgehead atoms. The van der Waals surface area contributed by atoms with Crippen LogP contribution in [0.1, 0.15) is 47.9 Å². The van der Waals surface area contributed by atoms with E-state index in [0.29, 0.717) is 18.2 Å². The van der Waals surface area contributed by atoms with E-state index in [9.17, 15) is 9.59 Å². The highest BCUT2D eigenvalue weighted by Gasteiger charge is 2.22. The first-order valence-corrected chi connectivity index (χ1v) is 12.2. The molecule has 1 atom stereocenters. The number of aromatic amines is 1. The van der Waals surface area contributed by atoms with Gasteiger partial charge in [0.2, 0.25) is 5.82 Å². The quantitative estimate of drug-likeness (QED) is 0.344. The minimum Gasteiger partial charge on any atom is -0.274 e. The molecule has 2 aromatic heterocycles. The van der Waals surface area contributed by atoms with Crippen LogP contribution in [0.25, 0.3) is 22.5 Å². The van der Waals surface area contributed by atoms with Gasteiger partial charge in [-0.1, -0.05) is 92.7 Å². The van der Waals surface area contributed by atoms with Crippen LogP contribution in [0.4, 0.5) is 0 Å². The second-order valence-corrected chi connectivity index (χ2v) is 8.98. The molecule has 9 heteroatoms. The van der Waals surface area contributed by atoms with Crippen molar-refractivity contribution in [3.63, 3.8) is 0 Å². The third-order valence-corrected chi connectivity index (χ3v) is 6.50. The fraction of sp³-hybridized carbons (Fsp3) is 0.214. The molecule has 2 heterocycles. The maximum absolute atomic E-state index is 13.3. The summed E-state index contributed by atoms with van der Waals surface area (Å²) in [6.07, 6.45) is 0.918. The number of carbonyl (C=O) groups excluding carboxylic acids is 1. The zero-order valence-electron chi connectivity index (χ0n) is 20.7. The molecule has 3 aromatic carbocycles. The molecule has 5 aromatic rings. The lowest BCUT2D eigenvalue weighted by Gasteiger charge is -2.11. The van der Waals surface area contributed by atoms with Crippen molar-refractivity contribution < 1.29 is 4.79 Å². The summed E-state index contributed by atoms with van der Waals surface area (Å²) in [5.41, 5.74) is 4.21. The molecular formula is C28H27N7O2. The Hall–Kier alpha value is -4.66. The standard InChI is InChI=1S/C28H27N7O2/c1-3-19(2)27-31-35(25(36)17-20-9-5-4-6-10-20)28(37)34(27)18-21-13-15-22(16-14-21)23-11-7-8-12-24(23)26-29-32-33-30-26/h4-16,19H,3,17-18H2,1-2H3,(H,29,30,32,33). The van der Waals surface area contributed by atoms with Crippen molar-refractivity contribution in [2.75, 3.05) is 0 Å². The molecule has 0 aliphatic heterocycles. The Morgan fingerprint density at radius 3 is 2.30 bits per heavy atom. The van der Waals surface area contributed by atoms with Gasteiger partial charge in [-0.15, -0.1) is 20.0 Å². The number of carbonyl (C=O) groups is 1. The van der Waals surface area contributed by atoms with Crippen LogP contribution < -0.4 is 5.69 Å². The summed E-state index contributed by atoms with van der Waals surface area (Å²) in [6.45, 7) is 4.38. The van der Waals surface area contributed by atoms with Gasteiger partial charge < -0.3 is 0 Å². The van der Waals surface area contributed by atoms with E-state index in [-0.39, 0.29) is 18.2 Å². The average molecular weight is 494 g/mol. The van der Waals surface area contributed by atoms with Crippen LogP contribution in [0, 0.1) is 0 Å². The molecule has 37 heavy (non-hydrogen) atoms. The number of nitrogens with one attached hydrogen (secondary N) is 1. The Labute approximate surface area is 213 Å². The monoisotopic (exact) mass is 493 g/mol. The van der Waals surface area contributed by atoms with E-state index >= 15 is 0 Å². The van der Waals surface area contributed by atoms with Crippen LogP contribution >= 0.6 is 0 Å². The van der Waals surface area contributed by atoms with E-state index in [4.69, 9.17) is 0 Å². The van der Waals surface area contributed by atoms with Gasteiger partial charge in [0.25, 0.3) is 5.91 Å². The van der Waals surface area contributed by atoms with Crippen LogP contribution in [-0.4, -0.2) is 40.9 Å². The molecule has 0 spiro atoms. The molecule has 0 radical (unpaired) electrons. The summed E-state index contributed by atoms with van der Waals surface area (Å²) in [7, 11) is 0. The Kier molecular flexibility index (Phi) is 6.85. The van der Waals surface area contributed by atoms with Gasteiger partial charge in [0.15, 0.2) is 0 Å². The number of nitrogens with zero attached hydrogens (tertiary/aromatic N) is 6. The molecule has 0 fully saturated rings. The van der Waals surface area contributed by atoms with Crippen LogP contribution in [0.2, 0.25) is 0 Å². The number of hydrogen-bond donors (Lipinski definition) is 1. The molecule has 5 rings (SSSR count). The Morgan fingerprint density at radius 2 is 1.62 bits per heavy atom. The predicted octanol–water partition coefficient (Wildman–Crippen LogP) is 4.34. The number of benzene rings is 3. The van der Waals surface area contributed by atoms with E-state index in [1.165, 1.54) is 0 Å². The van der Waals surface area contributed by atoms with Crippen molar-refractivity contribution in [2.45, 2.75) is 39.2 Å². The van der Waals surface area contributed by atoms with Crippen LogP contribution in [0.5, 0.6) is 0 Å². The molecule has 0 aliphatic rings.